The van der Waals surface area contributed by atoms with Crippen molar-refractivity contribution in [2.45, 2.75) is 12.2 Å². The van der Waals surface area contributed by atoms with E-state index in [2.05, 4.69) is 29.7 Å². The molecule has 0 spiro atoms. The van der Waals surface area contributed by atoms with E-state index in [0.717, 1.165) is 22.3 Å². The first-order valence-corrected chi connectivity index (χ1v) is 9.26. The second-order valence-corrected chi connectivity index (χ2v) is 6.99. The van der Waals surface area contributed by atoms with Crippen molar-refractivity contribution in [2.75, 3.05) is 0 Å². The van der Waals surface area contributed by atoms with Gasteiger partial charge in [0.1, 0.15) is 0 Å². The van der Waals surface area contributed by atoms with Crippen molar-refractivity contribution in [2.24, 2.45) is 0 Å². The lowest BCUT2D eigenvalue weighted by Crippen LogP contribution is -2.12. The normalized spacial score (nSPS) is 11.6. The molecule has 0 fully saturated rings. The van der Waals surface area contributed by atoms with Crippen LogP contribution in [-0.2, 0) is 0 Å². The molecule has 0 heterocycles. The zero-order chi connectivity index (χ0) is 17.5. The van der Waals surface area contributed by atoms with Crippen LogP contribution < -0.4 is 0 Å². The average Bonchev–Trinajstić information content (AvgIpc) is 2.70. The average molecular weight is 344 g/mol. The van der Waals surface area contributed by atoms with Crippen LogP contribution in [0.1, 0.15) is 28.4 Å². The van der Waals surface area contributed by atoms with Crippen LogP contribution >= 0.6 is 11.8 Å². The van der Waals surface area contributed by atoms with Gasteiger partial charge in [-0.2, -0.15) is 0 Å². The van der Waals surface area contributed by atoms with Crippen molar-refractivity contribution in [3.63, 3.8) is 0 Å². The number of Topliss-reactive ketones (excluding diaryl/α,β-unsaturated/α-hetero) is 1. The number of hydrogen-bond acceptors (Lipinski definition) is 2. The van der Waals surface area contributed by atoms with Crippen LogP contribution in [0, 0.1) is 0 Å². The number of thioether (sulfide) groups is 1. The Morgan fingerprint density at radius 2 is 1.12 bits per heavy atom. The Morgan fingerprint density at radius 3 is 1.56 bits per heavy atom. The Morgan fingerprint density at radius 1 is 0.720 bits per heavy atom. The largest absolute Gasteiger partial charge is 0.293 e. The van der Waals surface area contributed by atoms with E-state index < -0.39 is 0 Å². The number of carbonyl (C=O) groups excluding carboxylic acids is 1. The quantitative estimate of drug-likeness (QED) is 0.504. The molecule has 1 atom stereocenters. The predicted octanol–water partition coefficient (Wildman–Crippen LogP) is 6.08. The van der Waals surface area contributed by atoms with Crippen molar-refractivity contribution in [1.82, 2.24) is 0 Å². The summed E-state index contributed by atoms with van der Waals surface area (Å²) in [6, 6.07) is 30.1. The molecule has 0 bridgehead atoms. The lowest BCUT2D eigenvalue weighted by molar-refractivity contribution is 0.0994. The molecule has 0 saturated carbocycles. The minimum atomic E-state index is -0.134. The lowest BCUT2D eigenvalue weighted by Gasteiger charge is -2.11. The van der Waals surface area contributed by atoms with Gasteiger partial charge in [0.15, 0.2) is 5.78 Å². The maximum atomic E-state index is 12.6. The zero-order valence-electron chi connectivity index (χ0n) is 14.1. The summed E-state index contributed by atoms with van der Waals surface area (Å²) in [4.78, 5) is 12.6. The highest BCUT2D eigenvalue weighted by Gasteiger charge is 2.15. The SMILES string of the molecule is CC(SC=C(c1ccccc1)c1ccccc1)C(=O)c1ccccc1. The second kappa shape index (κ2) is 8.50. The van der Waals surface area contributed by atoms with E-state index in [-0.39, 0.29) is 11.0 Å². The Labute approximate surface area is 153 Å². The Kier molecular flexibility index (Phi) is 5.86. The van der Waals surface area contributed by atoms with E-state index in [4.69, 9.17) is 0 Å². The number of ketones is 1. The molecule has 0 N–H and O–H groups in total. The van der Waals surface area contributed by atoms with Crippen LogP contribution in [0.15, 0.2) is 96.4 Å². The summed E-state index contributed by atoms with van der Waals surface area (Å²) < 4.78 is 0. The summed E-state index contributed by atoms with van der Waals surface area (Å²) in [6.07, 6.45) is 0. The summed E-state index contributed by atoms with van der Waals surface area (Å²) in [5.74, 6) is 0.155. The van der Waals surface area contributed by atoms with Crippen molar-refractivity contribution in [3.8, 4) is 0 Å². The number of benzene rings is 3. The summed E-state index contributed by atoms with van der Waals surface area (Å²) in [6.45, 7) is 1.96. The van der Waals surface area contributed by atoms with Crippen LogP contribution in [0.3, 0.4) is 0 Å². The Bertz CT molecular complexity index is 798. The summed E-state index contributed by atoms with van der Waals surface area (Å²) in [5.41, 5.74) is 4.21. The molecular formula is C23H20OS. The molecule has 2 heteroatoms. The molecule has 3 aromatic rings. The Balaban J connectivity index is 1.85. The van der Waals surface area contributed by atoms with Gasteiger partial charge in [-0.3, -0.25) is 4.79 Å². The third kappa shape index (κ3) is 4.49. The first-order chi connectivity index (χ1) is 12.3. The maximum Gasteiger partial charge on any atom is 0.175 e. The smallest absolute Gasteiger partial charge is 0.175 e. The maximum absolute atomic E-state index is 12.6. The third-order valence-corrected chi connectivity index (χ3v) is 4.98. The van der Waals surface area contributed by atoms with Crippen LogP contribution in [0.25, 0.3) is 5.57 Å². The molecule has 1 nitrogen and oxygen atoms in total. The number of carbonyl (C=O) groups is 1. The second-order valence-electron chi connectivity index (χ2n) is 5.77. The molecule has 3 aromatic carbocycles. The highest BCUT2D eigenvalue weighted by molar-refractivity contribution is 8.03. The summed E-state index contributed by atoms with van der Waals surface area (Å²) in [7, 11) is 0. The van der Waals surface area contributed by atoms with Gasteiger partial charge < -0.3 is 0 Å². The van der Waals surface area contributed by atoms with Crippen molar-refractivity contribution >= 4 is 23.1 Å². The first kappa shape index (κ1) is 17.2. The highest BCUT2D eigenvalue weighted by Crippen LogP contribution is 2.28. The lowest BCUT2D eigenvalue weighted by atomic mass is 10.00. The molecule has 0 radical (unpaired) electrons. The van der Waals surface area contributed by atoms with E-state index >= 15 is 0 Å². The predicted molar refractivity (Wildman–Crippen MR) is 108 cm³/mol. The van der Waals surface area contributed by atoms with Crippen molar-refractivity contribution in [3.05, 3.63) is 113 Å². The number of rotatable bonds is 6. The highest BCUT2D eigenvalue weighted by atomic mass is 32.2. The zero-order valence-corrected chi connectivity index (χ0v) is 14.9. The molecule has 0 aliphatic rings. The molecule has 3 rings (SSSR count). The van der Waals surface area contributed by atoms with Gasteiger partial charge in [0.2, 0.25) is 0 Å². The number of hydrogen-bond donors (Lipinski definition) is 0. The topological polar surface area (TPSA) is 17.1 Å². The van der Waals surface area contributed by atoms with E-state index in [1.165, 1.54) is 0 Å². The van der Waals surface area contributed by atoms with Gasteiger partial charge in [-0.05, 0) is 29.0 Å². The third-order valence-electron chi connectivity index (χ3n) is 3.99. The first-order valence-electron chi connectivity index (χ1n) is 8.31. The van der Waals surface area contributed by atoms with Gasteiger partial charge in [0.05, 0.1) is 5.25 Å². The molecule has 0 saturated heterocycles. The van der Waals surface area contributed by atoms with E-state index in [0.29, 0.717) is 0 Å². The summed E-state index contributed by atoms with van der Waals surface area (Å²) >= 11 is 1.57. The van der Waals surface area contributed by atoms with Crippen LogP contribution in [0.5, 0.6) is 0 Å². The van der Waals surface area contributed by atoms with Gasteiger partial charge in [-0.1, -0.05) is 91.0 Å². The molecule has 124 valence electrons. The monoisotopic (exact) mass is 344 g/mol. The minimum Gasteiger partial charge on any atom is -0.293 e. The fourth-order valence-corrected chi connectivity index (χ4v) is 3.48. The van der Waals surface area contributed by atoms with Gasteiger partial charge >= 0.3 is 0 Å². The molecule has 0 aromatic heterocycles. The van der Waals surface area contributed by atoms with Gasteiger partial charge in [0.25, 0.3) is 0 Å². The summed E-state index contributed by atoms with van der Waals surface area (Å²) in [5, 5.41) is 1.97. The van der Waals surface area contributed by atoms with Gasteiger partial charge in [-0.15, -0.1) is 11.8 Å². The molecule has 25 heavy (non-hydrogen) atoms. The van der Waals surface area contributed by atoms with Crippen molar-refractivity contribution < 1.29 is 4.79 Å². The Hall–Kier alpha value is -2.58. The molecule has 0 aliphatic heterocycles. The van der Waals surface area contributed by atoms with E-state index in [1.807, 2.05) is 73.7 Å². The van der Waals surface area contributed by atoms with E-state index in [1.54, 1.807) is 11.8 Å². The van der Waals surface area contributed by atoms with Gasteiger partial charge in [-0.25, -0.2) is 0 Å². The fourth-order valence-electron chi connectivity index (χ4n) is 2.61. The fraction of sp³-hybridized carbons (Fsp3) is 0.0870. The van der Waals surface area contributed by atoms with E-state index in [9.17, 15) is 4.79 Å². The van der Waals surface area contributed by atoms with Gasteiger partial charge in [0, 0.05) is 5.56 Å². The molecular weight excluding hydrogens is 324 g/mol. The standard InChI is InChI=1S/C23H20OS/c1-18(23(24)21-15-9-4-10-16-21)25-17-22(19-11-5-2-6-12-19)20-13-7-3-8-14-20/h2-18H,1H3. The molecule has 0 aliphatic carbocycles. The van der Waals surface area contributed by atoms with Crippen LogP contribution in [0.4, 0.5) is 0 Å². The molecule has 0 amide bonds. The minimum absolute atomic E-state index is 0.134. The van der Waals surface area contributed by atoms with Crippen LogP contribution in [0.2, 0.25) is 0 Å². The van der Waals surface area contributed by atoms with Crippen molar-refractivity contribution in [1.29, 1.82) is 0 Å². The molecule has 1 unspecified atom stereocenters. The van der Waals surface area contributed by atoms with Crippen LogP contribution in [-0.4, -0.2) is 11.0 Å².